The molecule has 0 aliphatic carbocycles. The van der Waals surface area contributed by atoms with Gasteiger partial charge in [0.05, 0.1) is 22.7 Å². The Morgan fingerprint density at radius 2 is 2.00 bits per heavy atom. The number of hydrogen-bond donors (Lipinski definition) is 0. The number of para-hydroxylation sites is 2. The lowest BCUT2D eigenvalue weighted by Crippen LogP contribution is -2.51. The second-order valence-corrected chi connectivity index (χ2v) is 9.90. The number of carbonyl (C=O) groups is 2. The Morgan fingerprint density at radius 1 is 1.21 bits per heavy atom. The molecule has 0 radical (unpaired) electrons. The van der Waals surface area contributed by atoms with Crippen LogP contribution in [0.2, 0.25) is 0 Å². The van der Waals surface area contributed by atoms with Crippen LogP contribution in [-0.4, -0.2) is 79.2 Å². The average Bonchev–Trinajstić information content (AvgIpc) is 3.36. The summed E-state index contributed by atoms with van der Waals surface area (Å²) in [5.74, 6) is 3.72. The van der Waals surface area contributed by atoms with Crippen molar-refractivity contribution in [1.82, 2.24) is 19.4 Å². The van der Waals surface area contributed by atoms with Gasteiger partial charge >= 0.3 is 0 Å². The van der Waals surface area contributed by atoms with Crippen LogP contribution in [0.15, 0.2) is 29.4 Å². The van der Waals surface area contributed by atoms with Gasteiger partial charge in [-0.15, -0.1) is 11.8 Å². The highest BCUT2D eigenvalue weighted by Crippen LogP contribution is 2.27. The Morgan fingerprint density at radius 3 is 2.79 bits per heavy atom. The maximum Gasteiger partial charge on any atom is 0.246 e. The van der Waals surface area contributed by atoms with Crippen LogP contribution in [0.5, 0.6) is 0 Å². The van der Waals surface area contributed by atoms with Crippen molar-refractivity contribution in [2.45, 2.75) is 24.7 Å². The highest BCUT2D eigenvalue weighted by Gasteiger charge is 2.37. The molecule has 2 amide bonds. The zero-order valence-electron chi connectivity index (χ0n) is 15.9. The molecule has 0 spiro atoms. The van der Waals surface area contributed by atoms with E-state index in [9.17, 15) is 9.59 Å². The summed E-state index contributed by atoms with van der Waals surface area (Å²) in [4.78, 5) is 34.2. The molecule has 4 rings (SSSR count). The highest BCUT2D eigenvalue weighted by atomic mass is 32.2. The van der Waals surface area contributed by atoms with E-state index in [0.717, 1.165) is 47.3 Å². The van der Waals surface area contributed by atoms with Crippen LogP contribution >= 0.6 is 35.3 Å². The van der Waals surface area contributed by atoms with E-state index in [1.807, 2.05) is 34.9 Å². The second-order valence-electron chi connectivity index (χ2n) is 6.73. The Hall–Kier alpha value is -1.32. The van der Waals surface area contributed by atoms with Crippen molar-refractivity contribution in [3.05, 3.63) is 24.3 Å². The van der Waals surface area contributed by atoms with Crippen LogP contribution in [0.1, 0.15) is 6.92 Å². The predicted molar refractivity (Wildman–Crippen MR) is 118 cm³/mol. The highest BCUT2D eigenvalue weighted by molar-refractivity contribution is 8.00. The molecule has 0 unspecified atom stereocenters. The summed E-state index contributed by atoms with van der Waals surface area (Å²) in [7, 11) is 0. The molecule has 3 heterocycles. The standard InChI is InChI=1S/C19H24N4O2S3/c1-2-22-15-6-4-3-5-14(15)20-19(22)28-12-17(24)23-13-27-11-16(23)18(25)21-7-9-26-10-8-21/h3-6,16H,2,7-13H2,1H3/t16-/m1/s1. The lowest BCUT2D eigenvalue weighted by molar-refractivity contribution is -0.141. The first-order chi connectivity index (χ1) is 13.7. The van der Waals surface area contributed by atoms with Crippen molar-refractivity contribution in [1.29, 1.82) is 0 Å². The molecule has 1 aromatic heterocycles. The second kappa shape index (κ2) is 9.00. The maximum atomic E-state index is 12.9. The number of carbonyl (C=O) groups excluding carboxylic acids is 2. The lowest BCUT2D eigenvalue weighted by Gasteiger charge is -2.32. The summed E-state index contributed by atoms with van der Waals surface area (Å²) in [5, 5.41) is 0.861. The van der Waals surface area contributed by atoms with E-state index in [-0.39, 0.29) is 17.9 Å². The van der Waals surface area contributed by atoms with E-state index >= 15 is 0 Å². The SMILES string of the molecule is CCn1c(SCC(=O)N2CSC[C@@H]2C(=O)N2CCSCC2)nc2ccccc21. The zero-order valence-corrected chi connectivity index (χ0v) is 18.3. The summed E-state index contributed by atoms with van der Waals surface area (Å²) in [6.07, 6.45) is 0. The molecule has 2 aliphatic rings. The monoisotopic (exact) mass is 436 g/mol. The van der Waals surface area contributed by atoms with E-state index in [1.165, 1.54) is 11.8 Å². The summed E-state index contributed by atoms with van der Waals surface area (Å²) < 4.78 is 2.14. The van der Waals surface area contributed by atoms with Crippen molar-refractivity contribution in [2.75, 3.05) is 42.0 Å². The van der Waals surface area contributed by atoms with Crippen LogP contribution in [-0.2, 0) is 16.1 Å². The molecule has 1 atom stereocenters. The van der Waals surface area contributed by atoms with Crippen molar-refractivity contribution >= 4 is 58.1 Å². The third-order valence-corrected chi connectivity index (χ3v) is 7.99. The van der Waals surface area contributed by atoms with Gasteiger partial charge < -0.3 is 14.4 Å². The van der Waals surface area contributed by atoms with Crippen LogP contribution in [0, 0.1) is 0 Å². The molecule has 150 valence electrons. The van der Waals surface area contributed by atoms with Gasteiger partial charge in [-0.2, -0.15) is 11.8 Å². The van der Waals surface area contributed by atoms with Gasteiger partial charge in [0.25, 0.3) is 0 Å². The van der Waals surface area contributed by atoms with Gasteiger partial charge in [0, 0.05) is 36.9 Å². The smallest absolute Gasteiger partial charge is 0.246 e. The van der Waals surface area contributed by atoms with Gasteiger partial charge in [0.2, 0.25) is 11.8 Å². The van der Waals surface area contributed by atoms with Gasteiger partial charge in [-0.25, -0.2) is 4.98 Å². The minimum Gasteiger partial charge on any atom is -0.339 e. The first-order valence-electron chi connectivity index (χ1n) is 9.51. The Kier molecular flexibility index (Phi) is 6.42. The Bertz CT molecular complexity index is 866. The number of rotatable bonds is 5. The Labute approximate surface area is 177 Å². The van der Waals surface area contributed by atoms with Gasteiger partial charge in [-0.05, 0) is 19.1 Å². The van der Waals surface area contributed by atoms with E-state index in [4.69, 9.17) is 0 Å². The topological polar surface area (TPSA) is 58.4 Å². The number of aromatic nitrogens is 2. The summed E-state index contributed by atoms with van der Waals surface area (Å²) in [5.41, 5.74) is 2.04. The first kappa shape index (κ1) is 20.0. The van der Waals surface area contributed by atoms with Crippen molar-refractivity contribution < 1.29 is 9.59 Å². The molecule has 2 fully saturated rings. The van der Waals surface area contributed by atoms with Gasteiger partial charge in [0.15, 0.2) is 5.16 Å². The van der Waals surface area contributed by atoms with Crippen LogP contribution in [0.4, 0.5) is 0 Å². The van der Waals surface area contributed by atoms with Crippen molar-refractivity contribution in [3.8, 4) is 0 Å². The number of thioether (sulfide) groups is 3. The van der Waals surface area contributed by atoms with Gasteiger partial charge in [0.1, 0.15) is 6.04 Å². The van der Waals surface area contributed by atoms with Crippen LogP contribution in [0.3, 0.4) is 0 Å². The molecule has 0 saturated carbocycles. The molecule has 2 aromatic rings. The molecule has 2 saturated heterocycles. The minimum atomic E-state index is -0.314. The van der Waals surface area contributed by atoms with Crippen LogP contribution in [0.25, 0.3) is 11.0 Å². The fraction of sp³-hybridized carbons (Fsp3) is 0.526. The number of benzene rings is 1. The van der Waals surface area contributed by atoms with Crippen LogP contribution < -0.4 is 0 Å². The largest absolute Gasteiger partial charge is 0.339 e. The molecule has 0 bridgehead atoms. The first-order valence-corrected chi connectivity index (χ1v) is 12.8. The van der Waals surface area contributed by atoms with Gasteiger partial charge in [-0.3, -0.25) is 9.59 Å². The molecule has 6 nitrogen and oxygen atoms in total. The number of aryl methyl sites for hydroxylation is 1. The van der Waals surface area contributed by atoms with Gasteiger partial charge in [-0.1, -0.05) is 23.9 Å². The number of nitrogens with zero attached hydrogens (tertiary/aromatic N) is 4. The van der Waals surface area contributed by atoms with Crippen molar-refractivity contribution in [2.24, 2.45) is 0 Å². The quantitative estimate of drug-likeness (QED) is 0.672. The fourth-order valence-electron chi connectivity index (χ4n) is 3.57. The molecule has 1 aromatic carbocycles. The third-order valence-electron chi connectivity index (χ3n) is 5.07. The summed E-state index contributed by atoms with van der Waals surface area (Å²) >= 11 is 5.02. The third kappa shape index (κ3) is 4.02. The normalized spacial score (nSPS) is 20.1. The lowest BCUT2D eigenvalue weighted by atomic mass is 10.2. The van der Waals surface area contributed by atoms with E-state index in [0.29, 0.717) is 17.4 Å². The van der Waals surface area contributed by atoms with Crippen molar-refractivity contribution in [3.63, 3.8) is 0 Å². The average molecular weight is 437 g/mol. The minimum absolute atomic E-state index is 0.0226. The molecule has 0 N–H and O–H groups in total. The Balaban J connectivity index is 1.42. The summed E-state index contributed by atoms with van der Waals surface area (Å²) in [6, 6.07) is 7.72. The molecular weight excluding hydrogens is 412 g/mol. The molecular formula is C19H24N4O2S3. The number of fused-ring (bicyclic) bond motifs is 1. The molecule has 2 aliphatic heterocycles. The maximum absolute atomic E-state index is 12.9. The van der Waals surface area contributed by atoms with E-state index < -0.39 is 0 Å². The molecule has 9 heteroatoms. The predicted octanol–water partition coefficient (Wildman–Crippen LogP) is 2.63. The fourth-order valence-corrected chi connectivity index (χ4v) is 6.61. The number of hydrogen-bond acceptors (Lipinski definition) is 6. The summed E-state index contributed by atoms with van der Waals surface area (Å²) in [6.45, 7) is 4.48. The van der Waals surface area contributed by atoms with E-state index in [2.05, 4.69) is 22.5 Å². The zero-order chi connectivity index (χ0) is 19.5. The molecule has 28 heavy (non-hydrogen) atoms. The van der Waals surface area contributed by atoms with E-state index in [1.54, 1.807) is 16.7 Å². The number of imidazole rings is 1. The number of amides is 2.